The standard InChI is InChI=1S/C20H15ClN2O4.C19H13ClN2O4.Li.H2O/c1-10-4-5-11(2)17-14(10)9-16(26-17)19-22-18(23-27-19)13-7-6-12(8-15(13)21)20(24)25-3;1-9-3-4-10(2)16-13(9)8-15(25-16)18-21-17(22-26-18)12-6-5-11(19(23)24)7-14(12)20;;/h4-9H,1-3H3;3-8H,1-2H3,(H,23,24);;1H2/q;;+1;/p-1. The summed E-state index contributed by atoms with van der Waals surface area (Å²) >= 11 is 12.4. The Morgan fingerprint density at radius 3 is 1.45 bits per heavy atom. The summed E-state index contributed by atoms with van der Waals surface area (Å²) in [5.74, 6) is 0.487. The fraction of sp³-hybridized carbons (Fsp3) is 0.128. The van der Waals surface area contributed by atoms with E-state index >= 15 is 0 Å². The van der Waals surface area contributed by atoms with E-state index in [2.05, 4.69) is 25.0 Å². The van der Waals surface area contributed by atoms with E-state index in [1.54, 1.807) is 18.2 Å². The van der Waals surface area contributed by atoms with Crippen molar-refractivity contribution in [2.24, 2.45) is 0 Å². The number of benzene rings is 4. The van der Waals surface area contributed by atoms with E-state index in [1.807, 2.05) is 64.1 Å². The largest absolute Gasteiger partial charge is 1.00 e. The van der Waals surface area contributed by atoms with Crippen LogP contribution in [0.5, 0.6) is 0 Å². The monoisotopic (exact) mass is 774 g/mol. The first-order chi connectivity index (χ1) is 25.4. The van der Waals surface area contributed by atoms with Crippen molar-refractivity contribution in [3.63, 3.8) is 0 Å². The number of esters is 1. The van der Waals surface area contributed by atoms with Crippen molar-refractivity contribution in [2.45, 2.75) is 27.7 Å². The number of furan rings is 2. The van der Waals surface area contributed by atoms with Gasteiger partial charge in [0.1, 0.15) is 11.2 Å². The minimum atomic E-state index is -1.06. The number of carboxylic acid groups (broad SMARTS) is 1. The molecule has 0 amide bonds. The Morgan fingerprint density at radius 1 is 0.636 bits per heavy atom. The van der Waals surface area contributed by atoms with Crippen LogP contribution in [0.15, 0.2) is 90.7 Å². The number of aromatic nitrogens is 4. The van der Waals surface area contributed by atoms with Crippen molar-refractivity contribution in [3.05, 3.63) is 116 Å². The van der Waals surface area contributed by atoms with Crippen molar-refractivity contribution in [1.29, 1.82) is 0 Å². The van der Waals surface area contributed by atoms with Gasteiger partial charge >= 0.3 is 30.8 Å². The Kier molecular flexibility index (Phi) is 12.0. The van der Waals surface area contributed by atoms with E-state index in [0.717, 1.165) is 44.2 Å². The van der Waals surface area contributed by atoms with Crippen molar-refractivity contribution >= 4 is 57.1 Å². The molecule has 55 heavy (non-hydrogen) atoms. The summed E-state index contributed by atoms with van der Waals surface area (Å²) in [5, 5.41) is 19.5. The first-order valence-corrected chi connectivity index (χ1v) is 16.8. The molecular formula is C39H29Cl2LiN4O9. The minimum Gasteiger partial charge on any atom is -0.870 e. The second kappa shape index (κ2) is 16.4. The number of aromatic carboxylic acids is 1. The number of hydrogen-bond donors (Lipinski definition) is 1. The van der Waals surface area contributed by atoms with Crippen molar-refractivity contribution in [2.75, 3.05) is 7.11 Å². The summed E-state index contributed by atoms with van der Waals surface area (Å²) in [7, 11) is 1.31. The molecule has 0 unspecified atom stereocenters. The maximum atomic E-state index is 11.6. The summed E-state index contributed by atoms with van der Waals surface area (Å²) in [6.07, 6.45) is 0. The number of aryl methyl sites for hydroxylation is 4. The zero-order chi connectivity index (χ0) is 37.6. The number of methoxy groups -OCH3 is 1. The van der Waals surface area contributed by atoms with Crippen molar-refractivity contribution in [3.8, 4) is 46.1 Å². The van der Waals surface area contributed by atoms with E-state index in [-0.39, 0.29) is 52.5 Å². The number of hydrogen-bond acceptors (Lipinski definition) is 12. The fourth-order valence-corrected chi connectivity index (χ4v) is 6.16. The normalized spacial score (nSPS) is 10.7. The van der Waals surface area contributed by atoms with Gasteiger partial charge < -0.3 is 33.2 Å². The third-order valence-corrected chi connectivity index (χ3v) is 9.18. The van der Waals surface area contributed by atoms with Crippen LogP contribution < -0.4 is 18.9 Å². The van der Waals surface area contributed by atoms with Crippen LogP contribution in [0.2, 0.25) is 10.0 Å². The number of carboxylic acids is 1. The van der Waals surface area contributed by atoms with Crippen LogP contribution in [-0.2, 0) is 4.74 Å². The van der Waals surface area contributed by atoms with Crippen molar-refractivity contribution < 1.29 is 61.6 Å². The first kappa shape index (κ1) is 40.5. The van der Waals surface area contributed by atoms with Gasteiger partial charge in [-0.1, -0.05) is 57.8 Å². The van der Waals surface area contributed by atoms with Crippen LogP contribution in [0, 0.1) is 27.7 Å². The molecule has 8 aromatic rings. The van der Waals surface area contributed by atoms with Gasteiger partial charge in [0, 0.05) is 21.9 Å². The molecule has 4 aromatic heterocycles. The number of carbonyl (C=O) groups excluding carboxylic acids is 1. The number of fused-ring (bicyclic) bond motifs is 2. The Morgan fingerprint density at radius 2 is 1.05 bits per heavy atom. The molecule has 274 valence electrons. The van der Waals surface area contributed by atoms with E-state index in [1.165, 1.54) is 25.3 Å². The van der Waals surface area contributed by atoms with E-state index < -0.39 is 11.9 Å². The van der Waals surface area contributed by atoms with Crippen LogP contribution >= 0.6 is 23.2 Å². The topological polar surface area (TPSA) is 198 Å². The number of ether oxygens (including phenoxy) is 1. The van der Waals surface area contributed by atoms with Gasteiger partial charge in [-0.05, 0) is 98.5 Å². The summed E-state index contributed by atoms with van der Waals surface area (Å²) in [4.78, 5) is 31.3. The second-order valence-electron chi connectivity index (χ2n) is 12.1. The molecule has 13 nitrogen and oxygen atoms in total. The maximum Gasteiger partial charge on any atom is 1.00 e. The summed E-state index contributed by atoms with van der Waals surface area (Å²) < 4.78 is 27.2. The number of nitrogens with zero attached hydrogens (tertiary/aromatic N) is 4. The molecule has 0 aliphatic heterocycles. The molecule has 2 N–H and O–H groups in total. The molecule has 0 atom stereocenters. The van der Waals surface area contributed by atoms with Gasteiger partial charge in [-0.15, -0.1) is 0 Å². The van der Waals surface area contributed by atoms with E-state index in [4.69, 9.17) is 46.2 Å². The average molecular weight is 776 g/mol. The van der Waals surface area contributed by atoms with Gasteiger partial charge in [-0.3, -0.25) is 0 Å². The summed E-state index contributed by atoms with van der Waals surface area (Å²) in [5.41, 5.74) is 7.28. The van der Waals surface area contributed by atoms with Crippen LogP contribution in [0.3, 0.4) is 0 Å². The van der Waals surface area contributed by atoms with E-state index in [9.17, 15) is 9.59 Å². The second-order valence-corrected chi connectivity index (χ2v) is 13.0. The predicted molar refractivity (Wildman–Crippen MR) is 199 cm³/mol. The van der Waals surface area contributed by atoms with Crippen molar-refractivity contribution in [1.82, 2.24) is 20.3 Å². The van der Waals surface area contributed by atoms with Gasteiger partial charge in [-0.2, -0.15) is 9.97 Å². The van der Waals surface area contributed by atoms with Gasteiger partial charge in [0.05, 0.1) is 28.3 Å². The summed E-state index contributed by atoms with van der Waals surface area (Å²) in [6, 6.07) is 20.9. The van der Waals surface area contributed by atoms with Crippen LogP contribution in [0.25, 0.3) is 68.0 Å². The Balaban J connectivity index is 0.000000204. The molecule has 0 aliphatic rings. The zero-order valence-corrected chi connectivity index (χ0v) is 31.7. The van der Waals surface area contributed by atoms with Gasteiger partial charge in [0.2, 0.25) is 11.6 Å². The molecule has 16 heteroatoms. The fourth-order valence-electron chi connectivity index (χ4n) is 5.63. The molecule has 0 saturated heterocycles. The molecule has 8 rings (SSSR count). The number of carbonyl (C=O) groups is 2. The molecule has 0 bridgehead atoms. The van der Waals surface area contributed by atoms with Gasteiger partial charge in [0.15, 0.2) is 11.5 Å². The molecule has 0 fully saturated rings. The molecule has 4 aromatic carbocycles. The minimum absolute atomic E-state index is 0. The zero-order valence-electron chi connectivity index (χ0n) is 30.2. The number of halogens is 2. The first-order valence-electron chi connectivity index (χ1n) is 16.0. The smallest absolute Gasteiger partial charge is 0.870 e. The number of rotatable bonds is 6. The molecule has 0 spiro atoms. The molecule has 0 aliphatic carbocycles. The molecule has 0 radical (unpaired) electrons. The molecular weight excluding hydrogens is 746 g/mol. The van der Waals surface area contributed by atoms with Gasteiger partial charge in [0.25, 0.3) is 11.8 Å². The van der Waals surface area contributed by atoms with Crippen LogP contribution in [0.4, 0.5) is 0 Å². The molecule has 0 saturated carbocycles. The Bertz CT molecular complexity index is 2640. The Labute approximate surface area is 334 Å². The average Bonchev–Trinajstić information content (AvgIpc) is 3.97. The third kappa shape index (κ3) is 7.93. The third-order valence-electron chi connectivity index (χ3n) is 8.56. The predicted octanol–water partition coefficient (Wildman–Crippen LogP) is 7.15. The SMILES string of the molecule is COC(=O)c1ccc(-c2noc(-c3cc4c(C)ccc(C)c4o3)n2)c(Cl)c1.Cc1ccc(C)c2oc(-c3nc(-c4ccc(C(=O)O)cc4Cl)no3)cc12.[Li+].[OH-]. The van der Waals surface area contributed by atoms with E-state index in [0.29, 0.717) is 39.1 Å². The van der Waals surface area contributed by atoms with Crippen LogP contribution in [0.1, 0.15) is 43.0 Å². The summed E-state index contributed by atoms with van der Waals surface area (Å²) in [6.45, 7) is 7.97. The maximum absolute atomic E-state index is 11.6. The van der Waals surface area contributed by atoms with Crippen LogP contribution in [-0.4, -0.2) is 49.9 Å². The quantitative estimate of drug-likeness (QED) is 0.132. The molecule has 4 heterocycles. The Hall–Kier alpha value is -5.68. The van der Waals surface area contributed by atoms with Gasteiger partial charge in [-0.25, -0.2) is 9.59 Å².